The molecule has 1 aliphatic rings. The maximum atomic E-state index is 13.5. The third-order valence-corrected chi connectivity index (χ3v) is 6.25. The van der Waals surface area contributed by atoms with Crippen LogP contribution in [-0.2, 0) is 16.1 Å². The molecule has 6 nitrogen and oxygen atoms in total. The highest BCUT2D eigenvalue weighted by atomic mass is 35.5. The van der Waals surface area contributed by atoms with E-state index in [2.05, 4.69) is 5.32 Å². The molecule has 1 fully saturated rings. The third-order valence-electron chi connectivity index (χ3n) is 5.46. The molecule has 3 aromatic rings. The Balaban J connectivity index is 1.56. The molecule has 0 aromatic heterocycles. The molecule has 1 heterocycles. The molecule has 1 saturated heterocycles. The zero-order chi connectivity index (χ0) is 24.1. The number of anilines is 2. The average Bonchev–Trinajstić information content (AvgIpc) is 3.06. The molecule has 2 amide bonds. The molecule has 0 aliphatic carbocycles. The summed E-state index contributed by atoms with van der Waals surface area (Å²) in [4.78, 5) is 29.7. The van der Waals surface area contributed by atoms with Gasteiger partial charge in [-0.15, -0.1) is 0 Å². The quantitative estimate of drug-likeness (QED) is 0.433. The van der Waals surface area contributed by atoms with Gasteiger partial charge in [0.1, 0.15) is 11.8 Å². The van der Waals surface area contributed by atoms with Crippen molar-refractivity contribution in [3.05, 3.63) is 89.4 Å². The predicted octanol–water partition coefficient (Wildman–Crippen LogP) is 5.27. The number of hydrogen-bond acceptors (Lipinski definition) is 4. The highest BCUT2D eigenvalue weighted by Crippen LogP contribution is 2.30. The number of halogens is 1. The summed E-state index contributed by atoms with van der Waals surface area (Å²) in [5.74, 6) is 0.190. The van der Waals surface area contributed by atoms with Gasteiger partial charge in [-0.1, -0.05) is 48.0 Å². The standard InChI is InChI=1S/C26H24ClN3O3S/c1-2-33-21-14-12-19(13-15-21)28-24(31)16-23-25(32)30(20-9-4-3-5-10-20)26(34)29(23)17-18-8-6-7-11-22(18)27/h3-15,23H,2,16-17H2,1H3,(H,28,31)/t23-/m0/s1. The second-order valence-electron chi connectivity index (χ2n) is 7.74. The van der Waals surface area contributed by atoms with E-state index in [-0.39, 0.29) is 18.2 Å². The first-order valence-corrected chi connectivity index (χ1v) is 11.7. The fraction of sp³-hybridized carbons (Fsp3) is 0.192. The number of nitrogens with one attached hydrogen (secondary N) is 1. The van der Waals surface area contributed by atoms with Crippen LogP contribution in [0.4, 0.5) is 11.4 Å². The van der Waals surface area contributed by atoms with E-state index in [0.717, 1.165) is 11.3 Å². The molecule has 8 heteroatoms. The van der Waals surface area contributed by atoms with Crippen molar-refractivity contribution in [3.63, 3.8) is 0 Å². The van der Waals surface area contributed by atoms with Crippen LogP contribution < -0.4 is 15.0 Å². The molecule has 0 spiro atoms. The van der Waals surface area contributed by atoms with Crippen molar-refractivity contribution < 1.29 is 14.3 Å². The number of para-hydroxylation sites is 1. The van der Waals surface area contributed by atoms with Gasteiger partial charge in [-0.05, 0) is 67.2 Å². The first kappa shape index (κ1) is 23.7. The lowest BCUT2D eigenvalue weighted by Crippen LogP contribution is -2.37. The lowest BCUT2D eigenvalue weighted by molar-refractivity contribution is -0.124. The van der Waals surface area contributed by atoms with Crippen LogP contribution in [0.25, 0.3) is 0 Å². The number of rotatable bonds is 8. The summed E-state index contributed by atoms with van der Waals surface area (Å²) in [5, 5.41) is 3.78. The van der Waals surface area contributed by atoms with E-state index in [9.17, 15) is 9.59 Å². The van der Waals surface area contributed by atoms with Gasteiger partial charge in [-0.2, -0.15) is 0 Å². The average molecular weight is 494 g/mol. The van der Waals surface area contributed by atoms with E-state index in [1.807, 2.05) is 55.5 Å². The van der Waals surface area contributed by atoms with Gasteiger partial charge in [0.15, 0.2) is 5.11 Å². The first-order valence-electron chi connectivity index (χ1n) is 10.9. The smallest absolute Gasteiger partial charge is 0.256 e. The molecule has 34 heavy (non-hydrogen) atoms. The molecular weight excluding hydrogens is 470 g/mol. The minimum absolute atomic E-state index is 0.0556. The Morgan fingerprint density at radius 1 is 1.03 bits per heavy atom. The van der Waals surface area contributed by atoms with Gasteiger partial charge in [-0.25, -0.2) is 0 Å². The van der Waals surface area contributed by atoms with Crippen molar-refractivity contribution in [2.45, 2.75) is 25.9 Å². The number of amides is 2. The summed E-state index contributed by atoms with van der Waals surface area (Å²) in [7, 11) is 0. The van der Waals surface area contributed by atoms with E-state index < -0.39 is 6.04 Å². The normalized spacial score (nSPS) is 15.5. The number of hydrogen-bond donors (Lipinski definition) is 1. The number of carbonyl (C=O) groups is 2. The highest BCUT2D eigenvalue weighted by molar-refractivity contribution is 7.80. The number of nitrogens with zero attached hydrogens (tertiary/aromatic N) is 2. The zero-order valence-corrected chi connectivity index (χ0v) is 20.2. The number of ether oxygens (including phenoxy) is 1. The summed E-state index contributed by atoms with van der Waals surface area (Å²) in [5.41, 5.74) is 2.11. The zero-order valence-electron chi connectivity index (χ0n) is 18.6. The molecule has 0 saturated carbocycles. The van der Waals surface area contributed by atoms with Crippen molar-refractivity contribution >= 4 is 52.1 Å². The van der Waals surface area contributed by atoms with Crippen LogP contribution in [0.2, 0.25) is 5.02 Å². The highest BCUT2D eigenvalue weighted by Gasteiger charge is 2.44. The minimum atomic E-state index is -0.758. The SMILES string of the molecule is CCOc1ccc(NC(=O)C[C@H]2C(=O)N(c3ccccc3)C(=S)N2Cc2ccccc2Cl)cc1. The van der Waals surface area contributed by atoms with Gasteiger partial charge in [0.2, 0.25) is 5.91 Å². The van der Waals surface area contributed by atoms with Gasteiger partial charge in [0.25, 0.3) is 5.91 Å². The maximum Gasteiger partial charge on any atom is 0.256 e. The molecule has 1 N–H and O–H groups in total. The summed E-state index contributed by atoms with van der Waals surface area (Å²) in [6.07, 6.45) is -0.0556. The number of thiocarbonyl (C=S) groups is 1. The Labute approximate surface area is 209 Å². The fourth-order valence-corrected chi connectivity index (χ4v) is 4.41. The van der Waals surface area contributed by atoms with Crippen molar-refractivity contribution in [1.82, 2.24) is 4.90 Å². The van der Waals surface area contributed by atoms with Gasteiger partial charge in [-0.3, -0.25) is 14.5 Å². The molecule has 0 bridgehead atoms. The maximum absolute atomic E-state index is 13.5. The van der Waals surface area contributed by atoms with Gasteiger partial charge < -0.3 is 15.0 Å². The van der Waals surface area contributed by atoms with E-state index in [1.54, 1.807) is 35.2 Å². The van der Waals surface area contributed by atoms with Gasteiger partial charge in [0, 0.05) is 17.3 Å². The minimum Gasteiger partial charge on any atom is -0.494 e. The molecule has 1 aliphatic heterocycles. The van der Waals surface area contributed by atoms with Gasteiger partial charge in [0.05, 0.1) is 18.7 Å². The van der Waals surface area contributed by atoms with Crippen LogP contribution in [0.5, 0.6) is 5.75 Å². The molecule has 1 atom stereocenters. The van der Waals surface area contributed by atoms with Crippen molar-refractivity contribution in [1.29, 1.82) is 0 Å². The van der Waals surface area contributed by atoms with Crippen LogP contribution in [0.1, 0.15) is 18.9 Å². The molecule has 174 valence electrons. The third kappa shape index (κ3) is 5.21. The lowest BCUT2D eigenvalue weighted by atomic mass is 10.1. The summed E-state index contributed by atoms with van der Waals surface area (Å²) in [6.45, 7) is 2.79. The number of benzene rings is 3. The first-order chi connectivity index (χ1) is 16.5. The van der Waals surface area contributed by atoms with Crippen LogP contribution in [-0.4, -0.2) is 34.5 Å². The topological polar surface area (TPSA) is 61.9 Å². The largest absolute Gasteiger partial charge is 0.494 e. The number of carbonyl (C=O) groups excluding carboxylic acids is 2. The van der Waals surface area contributed by atoms with Gasteiger partial charge >= 0.3 is 0 Å². The molecule has 0 radical (unpaired) electrons. The Bertz CT molecular complexity index is 1190. The molecule has 4 rings (SSSR count). The second-order valence-corrected chi connectivity index (χ2v) is 8.51. The van der Waals surface area contributed by atoms with E-state index >= 15 is 0 Å². The monoisotopic (exact) mass is 493 g/mol. The lowest BCUT2D eigenvalue weighted by Gasteiger charge is -2.24. The van der Waals surface area contributed by atoms with Crippen LogP contribution in [0, 0.1) is 0 Å². The predicted molar refractivity (Wildman–Crippen MR) is 138 cm³/mol. The van der Waals surface area contributed by atoms with Crippen LogP contribution >= 0.6 is 23.8 Å². The van der Waals surface area contributed by atoms with Crippen LogP contribution in [0.3, 0.4) is 0 Å². The van der Waals surface area contributed by atoms with E-state index in [4.69, 9.17) is 28.6 Å². The van der Waals surface area contributed by atoms with E-state index in [0.29, 0.717) is 34.7 Å². The molecular formula is C26H24ClN3O3S. The fourth-order valence-electron chi connectivity index (χ4n) is 3.83. The Kier molecular flexibility index (Phi) is 7.45. The second kappa shape index (κ2) is 10.7. The summed E-state index contributed by atoms with van der Waals surface area (Å²) < 4.78 is 5.44. The van der Waals surface area contributed by atoms with Crippen LogP contribution in [0.15, 0.2) is 78.9 Å². The van der Waals surface area contributed by atoms with Crippen molar-refractivity contribution in [2.75, 3.05) is 16.8 Å². The molecule has 3 aromatic carbocycles. The van der Waals surface area contributed by atoms with Crippen molar-refractivity contribution in [2.24, 2.45) is 0 Å². The summed E-state index contributed by atoms with van der Waals surface area (Å²) >= 11 is 12.1. The summed E-state index contributed by atoms with van der Waals surface area (Å²) in [6, 6.07) is 22.9. The molecule has 0 unspecified atom stereocenters. The Hall–Kier alpha value is -3.42. The Morgan fingerprint density at radius 3 is 2.38 bits per heavy atom. The van der Waals surface area contributed by atoms with E-state index in [1.165, 1.54) is 4.90 Å². The van der Waals surface area contributed by atoms with Crippen molar-refractivity contribution in [3.8, 4) is 5.75 Å². The Morgan fingerprint density at radius 2 is 1.71 bits per heavy atom.